The third kappa shape index (κ3) is 3.76. The maximum Gasteiger partial charge on any atom is 0.233 e. The molecule has 23 heavy (non-hydrogen) atoms. The lowest BCUT2D eigenvalue weighted by Crippen LogP contribution is -2.36. The number of hydrogen-bond donors (Lipinski definition) is 0. The highest BCUT2D eigenvalue weighted by atomic mass is 16.8. The largest absolute Gasteiger partial charge is 0.368 e. The Morgan fingerprint density at radius 2 is 2.04 bits per heavy atom. The van der Waals surface area contributed by atoms with E-state index in [2.05, 4.69) is 0 Å². The molecular formula is C16H19NO6. The predicted molar refractivity (Wildman–Crippen MR) is 79.9 cm³/mol. The van der Waals surface area contributed by atoms with E-state index in [-0.39, 0.29) is 0 Å². The van der Waals surface area contributed by atoms with Crippen LogP contribution in [-0.4, -0.2) is 35.3 Å². The smallest absolute Gasteiger partial charge is 0.233 e. The molecule has 2 heterocycles. The van der Waals surface area contributed by atoms with Crippen LogP contribution in [0.3, 0.4) is 0 Å². The maximum atomic E-state index is 10.6. The molecule has 0 bridgehead atoms. The van der Waals surface area contributed by atoms with Gasteiger partial charge in [-0.25, -0.2) is 0 Å². The number of fused-ring (bicyclic) bond motifs is 1. The van der Waals surface area contributed by atoms with Gasteiger partial charge in [0, 0.05) is 6.08 Å². The molecule has 1 aromatic rings. The predicted octanol–water partition coefficient (Wildman–Crippen LogP) is 2.24. The lowest BCUT2D eigenvalue weighted by atomic mass is 10.1. The number of nitrogens with zero attached hydrogens (tertiary/aromatic N) is 1. The Hall–Kier alpha value is -1.80. The van der Waals surface area contributed by atoms with E-state index in [1.807, 2.05) is 30.3 Å². The van der Waals surface area contributed by atoms with E-state index >= 15 is 0 Å². The zero-order valence-corrected chi connectivity index (χ0v) is 13.0. The van der Waals surface area contributed by atoms with E-state index in [1.165, 1.54) is 6.08 Å². The molecule has 4 atom stereocenters. The number of hydrogen-bond acceptors (Lipinski definition) is 6. The molecule has 0 radical (unpaired) electrons. The van der Waals surface area contributed by atoms with Crippen molar-refractivity contribution in [2.24, 2.45) is 0 Å². The van der Waals surface area contributed by atoms with Gasteiger partial charge in [0.15, 0.2) is 12.1 Å². The van der Waals surface area contributed by atoms with E-state index in [0.717, 1.165) is 11.8 Å². The molecule has 0 aliphatic carbocycles. The van der Waals surface area contributed by atoms with Gasteiger partial charge in [0.2, 0.25) is 6.20 Å². The molecule has 0 amide bonds. The minimum atomic E-state index is -0.762. The minimum absolute atomic E-state index is 0.366. The lowest BCUT2D eigenvalue weighted by Gasteiger charge is -2.24. The molecule has 0 aromatic heterocycles. The fourth-order valence-corrected chi connectivity index (χ4v) is 2.77. The van der Waals surface area contributed by atoms with Crippen LogP contribution in [0, 0.1) is 10.1 Å². The first-order valence-electron chi connectivity index (χ1n) is 7.43. The Morgan fingerprint density at radius 3 is 2.74 bits per heavy atom. The van der Waals surface area contributed by atoms with Gasteiger partial charge >= 0.3 is 0 Å². The third-order valence-electron chi connectivity index (χ3n) is 3.71. The maximum absolute atomic E-state index is 10.6. The van der Waals surface area contributed by atoms with Crippen LogP contribution in [0.5, 0.6) is 0 Å². The Morgan fingerprint density at radius 1 is 1.30 bits per heavy atom. The van der Waals surface area contributed by atoms with Crippen LogP contribution in [0.1, 0.15) is 19.4 Å². The molecule has 2 aliphatic rings. The lowest BCUT2D eigenvalue weighted by molar-refractivity contribution is -0.403. The standard InChI is InChI=1S/C16H19NO6/c1-16(2)22-14-13(20-10-11-6-4-3-5-7-11)12(8-9-17(18)19)21-15(14)23-16/h3-9,12-15H,10H2,1-2H3/b9-8+/t12-,13+,14-,15-/m1/s1. The highest BCUT2D eigenvalue weighted by Gasteiger charge is 2.55. The molecule has 0 unspecified atom stereocenters. The first kappa shape index (κ1) is 16.1. The normalized spacial score (nSPS) is 32.3. The molecule has 2 aliphatic heterocycles. The Kier molecular flexibility index (Phi) is 4.45. The van der Waals surface area contributed by atoms with Crippen molar-refractivity contribution in [1.82, 2.24) is 0 Å². The quantitative estimate of drug-likeness (QED) is 0.611. The van der Waals surface area contributed by atoms with Gasteiger partial charge in [-0.05, 0) is 19.4 Å². The highest BCUT2D eigenvalue weighted by molar-refractivity contribution is 5.14. The zero-order chi connectivity index (χ0) is 16.4. The van der Waals surface area contributed by atoms with Gasteiger partial charge in [-0.3, -0.25) is 10.1 Å². The van der Waals surface area contributed by atoms with Crippen molar-refractivity contribution in [1.29, 1.82) is 0 Å². The van der Waals surface area contributed by atoms with Crippen LogP contribution >= 0.6 is 0 Å². The van der Waals surface area contributed by atoms with Crippen molar-refractivity contribution in [3.05, 3.63) is 58.3 Å². The number of ether oxygens (including phenoxy) is 4. The third-order valence-corrected chi connectivity index (χ3v) is 3.71. The molecule has 7 heteroatoms. The summed E-state index contributed by atoms with van der Waals surface area (Å²) in [4.78, 5) is 10.0. The first-order valence-corrected chi connectivity index (χ1v) is 7.43. The van der Waals surface area contributed by atoms with Crippen LogP contribution in [0.15, 0.2) is 42.6 Å². The number of benzene rings is 1. The molecule has 0 saturated carbocycles. The average Bonchev–Trinajstić information content (AvgIpc) is 2.95. The fraction of sp³-hybridized carbons (Fsp3) is 0.500. The molecule has 2 saturated heterocycles. The molecule has 7 nitrogen and oxygen atoms in total. The van der Waals surface area contributed by atoms with Crippen molar-refractivity contribution < 1.29 is 23.9 Å². The van der Waals surface area contributed by atoms with Crippen LogP contribution in [0.2, 0.25) is 0 Å². The van der Waals surface area contributed by atoms with Crippen molar-refractivity contribution in [2.75, 3.05) is 0 Å². The second-order valence-corrected chi connectivity index (χ2v) is 5.96. The fourth-order valence-electron chi connectivity index (χ4n) is 2.77. The molecule has 2 fully saturated rings. The second kappa shape index (κ2) is 6.37. The van der Waals surface area contributed by atoms with Crippen LogP contribution < -0.4 is 0 Å². The Bertz CT molecular complexity index is 587. The Balaban J connectivity index is 1.72. The summed E-state index contributed by atoms with van der Waals surface area (Å²) >= 11 is 0. The van der Waals surface area contributed by atoms with E-state index in [0.29, 0.717) is 6.61 Å². The van der Waals surface area contributed by atoms with Crippen molar-refractivity contribution >= 4 is 0 Å². The zero-order valence-electron chi connectivity index (χ0n) is 13.0. The highest BCUT2D eigenvalue weighted by Crippen LogP contribution is 2.39. The summed E-state index contributed by atoms with van der Waals surface area (Å²) in [5.74, 6) is -0.762. The van der Waals surface area contributed by atoms with Crippen LogP contribution in [0.25, 0.3) is 0 Å². The van der Waals surface area contributed by atoms with Gasteiger partial charge in [0.25, 0.3) is 0 Å². The van der Waals surface area contributed by atoms with Gasteiger partial charge in [0.05, 0.1) is 11.5 Å². The van der Waals surface area contributed by atoms with Crippen LogP contribution in [0.4, 0.5) is 0 Å². The summed E-state index contributed by atoms with van der Waals surface area (Å²) in [6, 6.07) is 9.68. The van der Waals surface area contributed by atoms with E-state index < -0.39 is 35.3 Å². The van der Waals surface area contributed by atoms with E-state index in [1.54, 1.807) is 13.8 Å². The van der Waals surface area contributed by atoms with Crippen molar-refractivity contribution in [3.8, 4) is 0 Å². The number of rotatable bonds is 5. The van der Waals surface area contributed by atoms with Crippen molar-refractivity contribution in [3.63, 3.8) is 0 Å². The topological polar surface area (TPSA) is 80.1 Å². The van der Waals surface area contributed by atoms with Crippen LogP contribution in [-0.2, 0) is 25.6 Å². The van der Waals surface area contributed by atoms with Gasteiger partial charge in [-0.1, -0.05) is 30.3 Å². The summed E-state index contributed by atoms with van der Waals surface area (Å²) < 4.78 is 23.1. The monoisotopic (exact) mass is 321 g/mol. The van der Waals surface area contributed by atoms with Crippen molar-refractivity contribution in [2.45, 2.75) is 50.8 Å². The number of nitro groups is 1. The average molecular weight is 321 g/mol. The van der Waals surface area contributed by atoms with Gasteiger partial charge in [-0.2, -0.15) is 0 Å². The second-order valence-electron chi connectivity index (χ2n) is 5.96. The van der Waals surface area contributed by atoms with E-state index in [9.17, 15) is 10.1 Å². The summed E-state index contributed by atoms with van der Waals surface area (Å²) in [5.41, 5.74) is 1.01. The van der Waals surface area contributed by atoms with E-state index in [4.69, 9.17) is 18.9 Å². The molecule has 0 N–H and O–H groups in total. The molecule has 124 valence electrons. The molecule has 3 rings (SSSR count). The van der Waals surface area contributed by atoms with Gasteiger partial charge in [0.1, 0.15) is 18.3 Å². The SMILES string of the molecule is CC1(C)O[C@H]2O[C@H](/C=C/[N+](=O)[O-])[C@H](OCc3ccccc3)[C@H]2O1. The van der Waals surface area contributed by atoms with Gasteiger partial charge < -0.3 is 18.9 Å². The summed E-state index contributed by atoms with van der Waals surface area (Å²) in [6.45, 7) is 3.96. The molecule has 1 aromatic carbocycles. The summed E-state index contributed by atoms with van der Waals surface area (Å²) in [6.07, 6.45) is 0.152. The summed E-state index contributed by atoms with van der Waals surface area (Å²) in [5, 5.41) is 10.6. The van der Waals surface area contributed by atoms with Gasteiger partial charge in [-0.15, -0.1) is 0 Å². The first-order chi connectivity index (χ1) is 10.9. The minimum Gasteiger partial charge on any atom is -0.368 e. The molecular weight excluding hydrogens is 302 g/mol. The summed E-state index contributed by atoms with van der Waals surface area (Å²) in [7, 11) is 0. The molecule has 0 spiro atoms. The Labute approximate surface area is 133 Å².